The third kappa shape index (κ3) is 3.07. The van der Waals surface area contributed by atoms with E-state index in [1.165, 1.54) is 11.8 Å². The van der Waals surface area contributed by atoms with Crippen LogP contribution in [0.2, 0.25) is 0 Å². The van der Waals surface area contributed by atoms with Gasteiger partial charge < -0.3 is 10.2 Å². The SMILES string of the molecule is CCN1C(=O)C(C)(C(=O)Nc2ccc(-n3cccn3)cc2)Sc2ccccc21. The van der Waals surface area contributed by atoms with Crippen molar-refractivity contribution in [3.63, 3.8) is 0 Å². The molecule has 28 heavy (non-hydrogen) atoms. The molecule has 0 saturated heterocycles. The molecular formula is C21H20N4O2S. The van der Waals surface area contributed by atoms with Crippen molar-refractivity contribution < 1.29 is 9.59 Å². The normalized spacial score (nSPS) is 18.6. The summed E-state index contributed by atoms with van der Waals surface area (Å²) >= 11 is 1.30. The zero-order valence-electron chi connectivity index (χ0n) is 15.6. The number of fused-ring (bicyclic) bond motifs is 1. The highest BCUT2D eigenvalue weighted by molar-refractivity contribution is 8.02. The van der Waals surface area contributed by atoms with Crippen molar-refractivity contribution in [3.05, 3.63) is 67.0 Å². The zero-order valence-corrected chi connectivity index (χ0v) is 16.4. The summed E-state index contributed by atoms with van der Waals surface area (Å²) in [5.41, 5.74) is 2.38. The third-order valence-corrected chi connectivity index (χ3v) is 6.10. The van der Waals surface area contributed by atoms with E-state index in [-0.39, 0.29) is 11.8 Å². The lowest BCUT2D eigenvalue weighted by Crippen LogP contribution is -2.54. The number of nitrogens with zero attached hydrogens (tertiary/aromatic N) is 3. The van der Waals surface area contributed by atoms with E-state index in [1.807, 2.05) is 67.7 Å². The van der Waals surface area contributed by atoms with Crippen LogP contribution in [0, 0.1) is 0 Å². The maximum Gasteiger partial charge on any atom is 0.252 e. The number of aromatic nitrogens is 2. The number of para-hydroxylation sites is 1. The number of hydrogen-bond donors (Lipinski definition) is 1. The van der Waals surface area contributed by atoms with Crippen LogP contribution in [0.3, 0.4) is 0 Å². The number of carbonyl (C=O) groups is 2. The van der Waals surface area contributed by atoms with Gasteiger partial charge in [-0.25, -0.2) is 4.68 Å². The third-order valence-electron chi connectivity index (χ3n) is 4.77. The van der Waals surface area contributed by atoms with Gasteiger partial charge in [0.2, 0.25) is 5.91 Å². The predicted molar refractivity (Wildman–Crippen MR) is 111 cm³/mol. The van der Waals surface area contributed by atoms with Crippen LogP contribution in [0.4, 0.5) is 11.4 Å². The minimum absolute atomic E-state index is 0.204. The molecule has 1 atom stereocenters. The second-order valence-electron chi connectivity index (χ2n) is 6.60. The first-order valence-electron chi connectivity index (χ1n) is 9.04. The Morgan fingerprint density at radius 2 is 1.89 bits per heavy atom. The number of nitrogens with one attached hydrogen (secondary N) is 1. The van der Waals surface area contributed by atoms with Gasteiger partial charge in [0.15, 0.2) is 4.75 Å². The highest BCUT2D eigenvalue weighted by atomic mass is 32.2. The van der Waals surface area contributed by atoms with E-state index < -0.39 is 4.75 Å². The van der Waals surface area contributed by atoms with Crippen LogP contribution in [0.15, 0.2) is 71.9 Å². The maximum absolute atomic E-state index is 13.1. The van der Waals surface area contributed by atoms with Crippen molar-refractivity contribution in [2.24, 2.45) is 0 Å². The molecule has 0 radical (unpaired) electrons. The molecule has 0 aliphatic carbocycles. The first-order chi connectivity index (χ1) is 13.5. The van der Waals surface area contributed by atoms with Crippen molar-refractivity contribution >= 4 is 35.0 Å². The van der Waals surface area contributed by atoms with Crippen LogP contribution in [0.1, 0.15) is 13.8 Å². The van der Waals surface area contributed by atoms with E-state index in [4.69, 9.17) is 0 Å². The fourth-order valence-corrected chi connectivity index (χ4v) is 4.43. The van der Waals surface area contributed by atoms with Crippen LogP contribution < -0.4 is 10.2 Å². The lowest BCUT2D eigenvalue weighted by Gasteiger charge is -2.38. The highest BCUT2D eigenvalue weighted by Crippen LogP contribution is 2.45. The van der Waals surface area contributed by atoms with Gasteiger partial charge in [0.25, 0.3) is 5.91 Å². The van der Waals surface area contributed by atoms with E-state index in [0.29, 0.717) is 12.2 Å². The van der Waals surface area contributed by atoms with Gasteiger partial charge in [-0.05, 0) is 56.3 Å². The van der Waals surface area contributed by atoms with Gasteiger partial charge in [-0.15, -0.1) is 0 Å². The molecule has 0 fully saturated rings. The molecule has 6 nitrogen and oxygen atoms in total. The summed E-state index contributed by atoms with van der Waals surface area (Å²) in [7, 11) is 0. The number of thioether (sulfide) groups is 1. The minimum Gasteiger partial charge on any atom is -0.324 e. The number of benzene rings is 2. The van der Waals surface area contributed by atoms with E-state index in [9.17, 15) is 9.59 Å². The fraction of sp³-hybridized carbons (Fsp3) is 0.190. The van der Waals surface area contributed by atoms with Crippen molar-refractivity contribution in [2.45, 2.75) is 23.5 Å². The first-order valence-corrected chi connectivity index (χ1v) is 9.86. The topological polar surface area (TPSA) is 67.2 Å². The molecule has 0 bridgehead atoms. The minimum atomic E-state index is -1.23. The van der Waals surface area contributed by atoms with Gasteiger partial charge in [-0.3, -0.25) is 9.59 Å². The van der Waals surface area contributed by atoms with E-state index in [2.05, 4.69) is 10.4 Å². The molecule has 2 aromatic carbocycles. The molecule has 2 heterocycles. The highest BCUT2D eigenvalue weighted by Gasteiger charge is 2.48. The molecule has 4 rings (SSSR count). The molecule has 7 heteroatoms. The first kappa shape index (κ1) is 18.3. The van der Waals surface area contributed by atoms with Crippen molar-refractivity contribution in [3.8, 4) is 5.69 Å². The second-order valence-corrected chi connectivity index (χ2v) is 8.06. The summed E-state index contributed by atoms with van der Waals surface area (Å²) in [6.07, 6.45) is 3.56. The molecule has 1 N–H and O–H groups in total. The Kier molecular flexibility index (Phi) is 4.68. The van der Waals surface area contributed by atoms with Gasteiger partial charge >= 0.3 is 0 Å². The molecule has 1 unspecified atom stereocenters. The lowest BCUT2D eigenvalue weighted by atomic mass is 10.1. The molecule has 2 amide bonds. The van der Waals surface area contributed by atoms with Gasteiger partial charge in [0.1, 0.15) is 0 Å². The van der Waals surface area contributed by atoms with Gasteiger partial charge in [-0.2, -0.15) is 5.10 Å². The van der Waals surface area contributed by atoms with Crippen LogP contribution >= 0.6 is 11.8 Å². The quantitative estimate of drug-likeness (QED) is 0.687. The molecular weight excluding hydrogens is 372 g/mol. The van der Waals surface area contributed by atoms with E-state index >= 15 is 0 Å². The predicted octanol–water partition coefficient (Wildman–Crippen LogP) is 3.73. The van der Waals surface area contributed by atoms with E-state index in [0.717, 1.165) is 16.3 Å². The van der Waals surface area contributed by atoms with Gasteiger partial charge in [0.05, 0.1) is 11.4 Å². The molecule has 1 aliphatic heterocycles. The molecule has 3 aromatic rings. The van der Waals surface area contributed by atoms with Crippen LogP contribution in [0.25, 0.3) is 5.69 Å². The Hall–Kier alpha value is -3.06. The van der Waals surface area contributed by atoms with Crippen LogP contribution in [0.5, 0.6) is 0 Å². The van der Waals surface area contributed by atoms with Crippen molar-refractivity contribution in [1.82, 2.24) is 9.78 Å². The van der Waals surface area contributed by atoms with Gasteiger partial charge in [-0.1, -0.05) is 23.9 Å². The summed E-state index contributed by atoms with van der Waals surface area (Å²) in [6, 6.07) is 16.9. The van der Waals surface area contributed by atoms with Gasteiger partial charge in [0, 0.05) is 29.5 Å². The lowest BCUT2D eigenvalue weighted by molar-refractivity contribution is -0.128. The molecule has 142 valence electrons. The average Bonchev–Trinajstić information content (AvgIpc) is 3.24. The number of anilines is 2. The zero-order chi connectivity index (χ0) is 19.7. The number of amides is 2. The molecule has 1 aromatic heterocycles. The number of rotatable bonds is 4. The Morgan fingerprint density at radius 3 is 2.57 bits per heavy atom. The summed E-state index contributed by atoms with van der Waals surface area (Å²) in [6.45, 7) is 4.11. The average molecular weight is 392 g/mol. The molecule has 1 aliphatic rings. The Balaban J connectivity index is 1.58. The van der Waals surface area contributed by atoms with Crippen LogP contribution in [-0.4, -0.2) is 32.9 Å². The summed E-state index contributed by atoms with van der Waals surface area (Å²) < 4.78 is 0.508. The Labute approximate surface area is 167 Å². The summed E-state index contributed by atoms with van der Waals surface area (Å²) in [4.78, 5) is 28.8. The van der Waals surface area contributed by atoms with Crippen LogP contribution in [-0.2, 0) is 9.59 Å². The van der Waals surface area contributed by atoms with E-state index in [1.54, 1.807) is 22.7 Å². The van der Waals surface area contributed by atoms with Crippen molar-refractivity contribution in [1.29, 1.82) is 0 Å². The smallest absolute Gasteiger partial charge is 0.252 e. The summed E-state index contributed by atoms with van der Waals surface area (Å²) in [5, 5.41) is 7.08. The Morgan fingerprint density at radius 1 is 1.14 bits per heavy atom. The standard InChI is InChI=1S/C21H20N4O2S/c1-3-24-17-7-4-5-8-18(17)28-21(2,20(24)27)19(26)23-15-9-11-16(12-10-15)25-14-6-13-22-25/h4-14H,3H2,1-2H3,(H,23,26). The number of hydrogen-bond acceptors (Lipinski definition) is 4. The number of carbonyl (C=O) groups excluding carboxylic acids is 2. The van der Waals surface area contributed by atoms with Crippen molar-refractivity contribution in [2.75, 3.05) is 16.8 Å². The molecule has 0 spiro atoms. The fourth-order valence-electron chi connectivity index (χ4n) is 3.22. The maximum atomic E-state index is 13.1. The Bertz CT molecular complexity index is 1020. The summed E-state index contributed by atoms with van der Waals surface area (Å²) in [5.74, 6) is -0.536. The monoisotopic (exact) mass is 392 g/mol. The largest absolute Gasteiger partial charge is 0.324 e. The second kappa shape index (κ2) is 7.16. The molecule has 0 saturated carbocycles.